The molecule has 28 heavy (non-hydrogen) atoms. The van der Waals surface area contributed by atoms with Crippen molar-refractivity contribution >= 4 is 28.3 Å². The van der Waals surface area contributed by atoms with Crippen molar-refractivity contribution in [3.63, 3.8) is 0 Å². The molecule has 0 aromatic carbocycles. The van der Waals surface area contributed by atoms with Crippen LogP contribution in [-0.2, 0) is 4.74 Å². The van der Waals surface area contributed by atoms with Gasteiger partial charge in [0.1, 0.15) is 35.7 Å². The van der Waals surface area contributed by atoms with Crippen LogP contribution >= 0.6 is 0 Å². The molecular formula is C15H17N9O4. The Hall–Kier alpha value is -3.26. The van der Waals surface area contributed by atoms with Crippen molar-refractivity contribution in [3.8, 4) is 0 Å². The third kappa shape index (κ3) is 3.22. The van der Waals surface area contributed by atoms with Gasteiger partial charge in [0, 0.05) is 0 Å². The fraction of sp³-hybridized carbons (Fsp3) is 0.333. The molecule has 5 heterocycles. The van der Waals surface area contributed by atoms with Gasteiger partial charge in [0.25, 0.3) is 0 Å². The first-order valence-electron chi connectivity index (χ1n) is 8.25. The van der Waals surface area contributed by atoms with E-state index in [0.29, 0.717) is 16.8 Å². The molecule has 0 unspecified atom stereocenters. The van der Waals surface area contributed by atoms with Crippen LogP contribution in [0.5, 0.6) is 0 Å². The van der Waals surface area contributed by atoms with E-state index in [2.05, 4.69) is 34.9 Å². The van der Waals surface area contributed by atoms with Crippen molar-refractivity contribution in [1.82, 2.24) is 39.5 Å². The largest absolute Gasteiger partial charge is 0.394 e. The van der Waals surface area contributed by atoms with Crippen LogP contribution in [0.25, 0.3) is 22.3 Å². The van der Waals surface area contributed by atoms with Crippen molar-refractivity contribution in [3.05, 3.63) is 31.4 Å². The zero-order valence-electron chi connectivity index (χ0n) is 14.4. The summed E-state index contributed by atoms with van der Waals surface area (Å²) in [6, 6.07) is 0. The van der Waals surface area contributed by atoms with Crippen LogP contribution in [0, 0.1) is 0 Å². The zero-order valence-corrected chi connectivity index (χ0v) is 14.4. The van der Waals surface area contributed by atoms with Crippen molar-refractivity contribution in [2.45, 2.75) is 24.5 Å². The number of anilines is 1. The molecule has 0 radical (unpaired) electrons. The highest BCUT2D eigenvalue weighted by Gasteiger charge is 2.43. The SMILES string of the molecule is Nc1ncc2nc[nH]c2n1.OC[C@H]1O[C@@H](n2cnc3cncnc32)[C@H](O)[C@@H]1O. The van der Waals surface area contributed by atoms with Gasteiger partial charge in [0.05, 0.1) is 31.7 Å². The van der Waals surface area contributed by atoms with E-state index in [0.717, 1.165) is 5.52 Å². The summed E-state index contributed by atoms with van der Waals surface area (Å²) in [6.45, 7) is -0.365. The number of nitrogens with one attached hydrogen (secondary N) is 1. The van der Waals surface area contributed by atoms with Gasteiger partial charge in [0.2, 0.25) is 5.95 Å². The van der Waals surface area contributed by atoms with E-state index >= 15 is 0 Å². The number of fused-ring (bicyclic) bond motifs is 2. The number of aromatic amines is 1. The minimum absolute atomic E-state index is 0.261. The maximum absolute atomic E-state index is 9.91. The van der Waals surface area contributed by atoms with Gasteiger partial charge in [-0.15, -0.1) is 0 Å². The maximum atomic E-state index is 9.91. The molecule has 4 aromatic heterocycles. The quantitative estimate of drug-likeness (QED) is 0.265. The summed E-state index contributed by atoms with van der Waals surface area (Å²) in [6.07, 6.45) is 3.57. The molecule has 0 spiro atoms. The molecule has 1 aliphatic rings. The third-order valence-corrected chi connectivity index (χ3v) is 4.22. The predicted octanol–water partition coefficient (Wildman–Crippen LogP) is -1.63. The topological polar surface area (TPSA) is 194 Å². The Labute approximate surface area is 156 Å². The molecule has 13 heteroatoms. The molecule has 0 amide bonds. The number of nitrogens with zero attached hydrogens (tertiary/aromatic N) is 7. The molecule has 4 aromatic rings. The molecule has 13 nitrogen and oxygen atoms in total. The van der Waals surface area contributed by atoms with Crippen LogP contribution in [0.2, 0.25) is 0 Å². The Morgan fingerprint density at radius 2 is 1.96 bits per heavy atom. The van der Waals surface area contributed by atoms with Crippen LogP contribution in [-0.4, -0.2) is 79.7 Å². The van der Waals surface area contributed by atoms with Crippen molar-refractivity contribution in [1.29, 1.82) is 0 Å². The number of imidazole rings is 2. The number of H-pyrrole nitrogens is 1. The number of aromatic nitrogens is 8. The first-order chi connectivity index (χ1) is 13.6. The van der Waals surface area contributed by atoms with Crippen LogP contribution in [0.4, 0.5) is 5.95 Å². The number of nitrogens with two attached hydrogens (primary N) is 1. The minimum Gasteiger partial charge on any atom is -0.394 e. The molecule has 4 atom stereocenters. The lowest BCUT2D eigenvalue weighted by Gasteiger charge is -2.16. The Balaban J connectivity index is 0.000000162. The summed E-state index contributed by atoms with van der Waals surface area (Å²) in [5.41, 5.74) is 7.78. The standard InChI is InChI=1S/C10H12N4O4.C5H5N5/c15-2-6-7(16)8(17)10(18-6)14-4-13-5-1-11-3-12-9(5)14;6-5-7-1-3-4(10-5)9-2-8-3/h1,3-4,6-8,10,15-17H,2H2;1-2H,(H3,6,7,8,9,10)/t6-,7-,8-,10-;/m1./s1. The van der Waals surface area contributed by atoms with Gasteiger partial charge >= 0.3 is 0 Å². The van der Waals surface area contributed by atoms with E-state index in [1.165, 1.54) is 17.2 Å². The Bertz CT molecular complexity index is 1080. The fourth-order valence-electron chi connectivity index (χ4n) is 2.83. The van der Waals surface area contributed by atoms with Gasteiger partial charge in [0.15, 0.2) is 17.5 Å². The Morgan fingerprint density at radius 1 is 1.11 bits per heavy atom. The smallest absolute Gasteiger partial charge is 0.222 e. The molecule has 0 aliphatic carbocycles. The second kappa shape index (κ2) is 7.40. The Kier molecular flexibility index (Phi) is 4.79. The molecule has 0 bridgehead atoms. The lowest BCUT2D eigenvalue weighted by atomic mass is 10.1. The van der Waals surface area contributed by atoms with Gasteiger partial charge < -0.3 is 30.8 Å². The van der Waals surface area contributed by atoms with E-state index in [-0.39, 0.29) is 12.6 Å². The van der Waals surface area contributed by atoms with E-state index in [1.54, 1.807) is 18.7 Å². The molecule has 0 saturated carbocycles. The summed E-state index contributed by atoms with van der Waals surface area (Å²) >= 11 is 0. The van der Waals surface area contributed by atoms with Crippen molar-refractivity contribution in [2.75, 3.05) is 12.3 Å². The highest BCUT2D eigenvalue weighted by molar-refractivity contribution is 5.69. The molecule has 146 valence electrons. The number of rotatable bonds is 2. The van der Waals surface area contributed by atoms with Gasteiger partial charge in [-0.05, 0) is 0 Å². The second-order valence-corrected chi connectivity index (χ2v) is 5.98. The van der Waals surface area contributed by atoms with Crippen molar-refractivity contribution < 1.29 is 20.1 Å². The summed E-state index contributed by atoms with van der Waals surface area (Å²) in [5, 5.41) is 28.6. The molecule has 1 aliphatic heterocycles. The third-order valence-electron chi connectivity index (χ3n) is 4.22. The van der Waals surface area contributed by atoms with Crippen LogP contribution < -0.4 is 5.73 Å². The average Bonchev–Trinajstić information content (AvgIpc) is 3.41. The van der Waals surface area contributed by atoms with E-state index in [4.69, 9.17) is 15.6 Å². The highest BCUT2D eigenvalue weighted by Crippen LogP contribution is 2.30. The summed E-state index contributed by atoms with van der Waals surface area (Å²) in [5.74, 6) is 0.261. The van der Waals surface area contributed by atoms with Crippen LogP contribution in [0.1, 0.15) is 6.23 Å². The lowest BCUT2D eigenvalue weighted by molar-refractivity contribution is -0.0511. The van der Waals surface area contributed by atoms with E-state index in [9.17, 15) is 10.2 Å². The maximum Gasteiger partial charge on any atom is 0.222 e. The first-order valence-corrected chi connectivity index (χ1v) is 8.25. The van der Waals surface area contributed by atoms with Crippen LogP contribution in [0.3, 0.4) is 0 Å². The zero-order chi connectivity index (χ0) is 19.7. The normalized spacial score (nSPS) is 24.4. The summed E-state index contributed by atoms with van der Waals surface area (Å²) in [7, 11) is 0. The number of hydrogen-bond donors (Lipinski definition) is 5. The lowest BCUT2D eigenvalue weighted by Crippen LogP contribution is -2.33. The van der Waals surface area contributed by atoms with Gasteiger partial charge in [-0.2, -0.15) is 4.98 Å². The number of ether oxygens (including phenoxy) is 1. The molecule has 5 rings (SSSR count). The molecule has 1 fully saturated rings. The predicted molar refractivity (Wildman–Crippen MR) is 94.4 cm³/mol. The van der Waals surface area contributed by atoms with Crippen molar-refractivity contribution in [2.24, 2.45) is 0 Å². The number of aliphatic hydroxyl groups is 3. The monoisotopic (exact) mass is 387 g/mol. The van der Waals surface area contributed by atoms with Crippen LogP contribution in [0.15, 0.2) is 31.4 Å². The van der Waals surface area contributed by atoms with Gasteiger partial charge in [-0.3, -0.25) is 4.57 Å². The molecule has 6 N–H and O–H groups in total. The Morgan fingerprint density at radius 3 is 2.75 bits per heavy atom. The second-order valence-electron chi connectivity index (χ2n) is 5.98. The van der Waals surface area contributed by atoms with E-state index < -0.39 is 24.5 Å². The number of hydrogen-bond acceptors (Lipinski definition) is 11. The number of nitrogen functional groups attached to an aromatic ring is 1. The fourth-order valence-corrected chi connectivity index (χ4v) is 2.83. The number of aliphatic hydroxyl groups excluding tert-OH is 3. The molecular weight excluding hydrogens is 370 g/mol. The summed E-state index contributed by atoms with van der Waals surface area (Å²) in [4.78, 5) is 26.4. The average molecular weight is 387 g/mol. The highest BCUT2D eigenvalue weighted by atomic mass is 16.6. The molecule has 1 saturated heterocycles. The van der Waals surface area contributed by atoms with Gasteiger partial charge in [-0.25, -0.2) is 24.9 Å². The van der Waals surface area contributed by atoms with Gasteiger partial charge in [-0.1, -0.05) is 0 Å². The minimum atomic E-state index is -1.14. The summed E-state index contributed by atoms with van der Waals surface area (Å²) < 4.78 is 6.91. The van der Waals surface area contributed by atoms with E-state index in [1.807, 2.05) is 0 Å². The first kappa shape index (κ1) is 18.1.